The third kappa shape index (κ3) is 3.57. The minimum Gasteiger partial charge on any atom is -0.339 e. The maximum absolute atomic E-state index is 12.7. The zero-order valence-corrected chi connectivity index (χ0v) is 14.7. The van der Waals surface area contributed by atoms with Crippen LogP contribution in [0.25, 0.3) is 10.9 Å². The van der Waals surface area contributed by atoms with E-state index in [0.29, 0.717) is 5.92 Å². The molecule has 0 saturated carbocycles. The van der Waals surface area contributed by atoms with Gasteiger partial charge < -0.3 is 4.90 Å². The molecule has 0 aromatic carbocycles. The standard InChI is InChI=1S/C21H22N4O/c26-21(17-3-8-22-9-4-17)25-12-1-2-16(7-13-25)14-18-5-11-24-20-6-10-23-15-19(18)20/h3-6,8-11,15-16H,1-2,7,12-14H2. The fourth-order valence-electron chi connectivity index (χ4n) is 3.78. The first kappa shape index (κ1) is 16.6. The second kappa shape index (κ2) is 7.60. The van der Waals surface area contributed by atoms with Gasteiger partial charge in [0.2, 0.25) is 0 Å². The number of nitrogens with zero attached hydrogens (tertiary/aromatic N) is 4. The number of hydrogen-bond donors (Lipinski definition) is 0. The molecule has 1 unspecified atom stereocenters. The number of likely N-dealkylation sites (tertiary alicyclic amines) is 1. The second-order valence-electron chi connectivity index (χ2n) is 6.89. The molecule has 3 aromatic heterocycles. The molecule has 5 heteroatoms. The average molecular weight is 346 g/mol. The first-order chi connectivity index (χ1) is 12.8. The molecule has 26 heavy (non-hydrogen) atoms. The van der Waals surface area contributed by atoms with Crippen LogP contribution in [-0.2, 0) is 6.42 Å². The van der Waals surface area contributed by atoms with Crippen molar-refractivity contribution in [3.05, 3.63) is 66.4 Å². The van der Waals surface area contributed by atoms with Gasteiger partial charge in [-0.15, -0.1) is 0 Å². The summed E-state index contributed by atoms with van der Waals surface area (Å²) in [4.78, 5) is 27.3. The zero-order valence-electron chi connectivity index (χ0n) is 14.7. The lowest BCUT2D eigenvalue weighted by Gasteiger charge is -2.20. The predicted molar refractivity (Wildman–Crippen MR) is 101 cm³/mol. The Labute approximate surface area is 153 Å². The van der Waals surface area contributed by atoms with Gasteiger partial charge in [-0.25, -0.2) is 0 Å². The van der Waals surface area contributed by atoms with E-state index in [-0.39, 0.29) is 5.91 Å². The number of hydrogen-bond acceptors (Lipinski definition) is 4. The molecule has 1 saturated heterocycles. The Balaban J connectivity index is 1.45. The Morgan fingerprint density at radius 3 is 2.73 bits per heavy atom. The van der Waals surface area contributed by atoms with E-state index in [1.165, 1.54) is 5.56 Å². The van der Waals surface area contributed by atoms with Crippen molar-refractivity contribution in [2.75, 3.05) is 13.1 Å². The van der Waals surface area contributed by atoms with Crippen LogP contribution in [0.4, 0.5) is 0 Å². The Morgan fingerprint density at radius 2 is 1.85 bits per heavy atom. The number of rotatable bonds is 3. The number of fused-ring (bicyclic) bond motifs is 1. The first-order valence-electron chi connectivity index (χ1n) is 9.18. The van der Waals surface area contributed by atoms with Gasteiger partial charge in [0, 0.05) is 55.0 Å². The largest absolute Gasteiger partial charge is 0.339 e. The van der Waals surface area contributed by atoms with Crippen LogP contribution in [0.1, 0.15) is 35.2 Å². The van der Waals surface area contributed by atoms with Crippen molar-refractivity contribution in [3.8, 4) is 0 Å². The zero-order chi connectivity index (χ0) is 17.8. The van der Waals surface area contributed by atoms with Crippen molar-refractivity contribution in [2.24, 2.45) is 5.92 Å². The Kier molecular flexibility index (Phi) is 4.86. The van der Waals surface area contributed by atoms with Gasteiger partial charge in [0.25, 0.3) is 5.91 Å². The van der Waals surface area contributed by atoms with Gasteiger partial charge in [0.05, 0.1) is 5.52 Å². The molecular weight excluding hydrogens is 324 g/mol. The number of pyridine rings is 3. The highest BCUT2D eigenvalue weighted by atomic mass is 16.2. The van der Waals surface area contributed by atoms with E-state index in [4.69, 9.17) is 0 Å². The summed E-state index contributed by atoms with van der Waals surface area (Å²) < 4.78 is 0. The molecule has 0 bridgehead atoms. The van der Waals surface area contributed by atoms with Crippen LogP contribution in [-0.4, -0.2) is 38.8 Å². The maximum Gasteiger partial charge on any atom is 0.253 e. The van der Waals surface area contributed by atoms with Crippen molar-refractivity contribution in [1.29, 1.82) is 0 Å². The number of amides is 1. The van der Waals surface area contributed by atoms with Gasteiger partial charge in [0.1, 0.15) is 0 Å². The van der Waals surface area contributed by atoms with Crippen LogP contribution >= 0.6 is 0 Å². The van der Waals surface area contributed by atoms with Crippen molar-refractivity contribution in [1.82, 2.24) is 19.9 Å². The summed E-state index contributed by atoms with van der Waals surface area (Å²) in [5, 5.41) is 1.14. The van der Waals surface area contributed by atoms with Crippen molar-refractivity contribution in [3.63, 3.8) is 0 Å². The molecule has 4 heterocycles. The molecule has 1 amide bonds. The summed E-state index contributed by atoms with van der Waals surface area (Å²) in [7, 11) is 0. The first-order valence-corrected chi connectivity index (χ1v) is 9.18. The van der Waals surface area contributed by atoms with Gasteiger partial charge >= 0.3 is 0 Å². The minimum absolute atomic E-state index is 0.117. The molecule has 1 fully saturated rings. The van der Waals surface area contributed by atoms with E-state index >= 15 is 0 Å². The minimum atomic E-state index is 0.117. The fraction of sp³-hybridized carbons (Fsp3) is 0.333. The summed E-state index contributed by atoms with van der Waals surface area (Å²) in [6, 6.07) is 7.65. The molecule has 0 radical (unpaired) electrons. The predicted octanol–water partition coefficient (Wildman–Crippen LogP) is 3.51. The number of aromatic nitrogens is 3. The summed E-state index contributed by atoms with van der Waals surface area (Å²) in [5.74, 6) is 0.697. The summed E-state index contributed by atoms with van der Waals surface area (Å²) >= 11 is 0. The molecule has 0 N–H and O–H groups in total. The quantitative estimate of drug-likeness (QED) is 0.728. The van der Waals surface area contributed by atoms with Gasteiger partial charge in [-0.3, -0.25) is 19.7 Å². The highest BCUT2D eigenvalue weighted by molar-refractivity contribution is 5.94. The lowest BCUT2D eigenvalue weighted by atomic mass is 9.92. The van der Waals surface area contributed by atoms with Crippen LogP contribution in [0.5, 0.6) is 0 Å². The highest BCUT2D eigenvalue weighted by Gasteiger charge is 2.22. The van der Waals surface area contributed by atoms with Gasteiger partial charge in [-0.1, -0.05) is 0 Å². The van der Waals surface area contributed by atoms with E-state index in [2.05, 4.69) is 21.0 Å². The summed E-state index contributed by atoms with van der Waals surface area (Å²) in [5.41, 5.74) is 3.03. The summed E-state index contributed by atoms with van der Waals surface area (Å²) in [6.45, 7) is 1.64. The SMILES string of the molecule is O=C(c1ccncc1)N1CCCC(Cc2ccnc3ccncc23)CC1. The molecule has 0 spiro atoms. The second-order valence-corrected chi connectivity index (χ2v) is 6.89. The Morgan fingerprint density at radius 1 is 1.00 bits per heavy atom. The van der Waals surface area contributed by atoms with Crippen LogP contribution in [0.3, 0.4) is 0 Å². The van der Waals surface area contributed by atoms with Crippen molar-refractivity contribution >= 4 is 16.8 Å². The number of carbonyl (C=O) groups excluding carboxylic acids is 1. The lowest BCUT2D eigenvalue weighted by Crippen LogP contribution is -2.32. The normalized spacial score (nSPS) is 17.8. The summed E-state index contributed by atoms with van der Waals surface area (Å²) in [6.07, 6.45) is 13.2. The Bertz CT molecular complexity index is 891. The van der Waals surface area contributed by atoms with Gasteiger partial charge in [-0.05, 0) is 61.4 Å². The molecule has 1 aliphatic heterocycles. The monoisotopic (exact) mass is 346 g/mol. The Hall–Kier alpha value is -2.82. The van der Waals surface area contributed by atoms with E-state index in [1.807, 2.05) is 23.4 Å². The molecular formula is C21H22N4O. The van der Waals surface area contributed by atoms with E-state index in [9.17, 15) is 4.79 Å². The number of carbonyl (C=O) groups is 1. The molecule has 132 valence electrons. The van der Waals surface area contributed by atoms with Gasteiger partial charge in [-0.2, -0.15) is 0 Å². The molecule has 0 aliphatic carbocycles. The van der Waals surface area contributed by atoms with Crippen LogP contribution in [0, 0.1) is 5.92 Å². The van der Waals surface area contributed by atoms with Crippen LogP contribution in [0.2, 0.25) is 0 Å². The molecule has 1 aliphatic rings. The molecule has 5 nitrogen and oxygen atoms in total. The fourth-order valence-corrected chi connectivity index (χ4v) is 3.78. The average Bonchev–Trinajstić information content (AvgIpc) is 2.94. The van der Waals surface area contributed by atoms with Gasteiger partial charge in [0.15, 0.2) is 0 Å². The highest BCUT2D eigenvalue weighted by Crippen LogP contribution is 2.25. The smallest absolute Gasteiger partial charge is 0.253 e. The molecule has 3 aromatic rings. The van der Waals surface area contributed by atoms with Crippen LogP contribution < -0.4 is 0 Å². The lowest BCUT2D eigenvalue weighted by molar-refractivity contribution is 0.0760. The maximum atomic E-state index is 12.7. The third-order valence-electron chi connectivity index (χ3n) is 5.20. The van der Waals surface area contributed by atoms with E-state index in [0.717, 1.165) is 55.2 Å². The third-order valence-corrected chi connectivity index (χ3v) is 5.20. The van der Waals surface area contributed by atoms with E-state index in [1.54, 1.807) is 30.7 Å². The molecule has 1 atom stereocenters. The van der Waals surface area contributed by atoms with Crippen molar-refractivity contribution < 1.29 is 4.79 Å². The van der Waals surface area contributed by atoms with E-state index < -0.39 is 0 Å². The topological polar surface area (TPSA) is 59.0 Å². The van der Waals surface area contributed by atoms with Crippen LogP contribution in [0.15, 0.2) is 55.2 Å². The molecule has 4 rings (SSSR count). The van der Waals surface area contributed by atoms with Crippen molar-refractivity contribution in [2.45, 2.75) is 25.7 Å².